The number of nitrogens with zero attached hydrogens (tertiary/aromatic N) is 2. The third kappa shape index (κ3) is 2.39. The molecule has 0 saturated heterocycles. The summed E-state index contributed by atoms with van der Waals surface area (Å²) in [5, 5.41) is 2.61. The van der Waals surface area contributed by atoms with Crippen molar-refractivity contribution < 1.29 is 0 Å². The molecule has 0 aliphatic heterocycles. The lowest BCUT2D eigenvalue weighted by atomic mass is 10.0. The van der Waals surface area contributed by atoms with Crippen molar-refractivity contribution in [1.29, 1.82) is 0 Å². The van der Waals surface area contributed by atoms with Gasteiger partial charge in [-0.1, -0.05) is 38.1 Å². The van der Waals surface area contributed by atoms with Gasteiger partial charge >= 0.3 is 0 Å². The Hall–Kier alpha value is -1.94. The fourth-order valence-electron chi connectivity index (χ4n) is 2.21. The fourth-order valence-corrected chi connectivity index (χ4v) is 2.93. The van der Waals surface area contributed by atoms with Crippen LogP contribution in [0.1, 0.15) is 30.9 Å². The Morgan fingerprint density at radius 2 is 1.95 bits per heavy atom. The van der Waals surface area contributed by atoms with Crippen molar-refractivity contribution >= 4 is 21.6 Å². The topological polar surface area (TPSA) is 34.9 Å². The molecule has 2 aromatic heterocycles. The van der Waals surface area contributed by atoms with E-state index >= 15 is 0 Å². The SMILES string of the molecule is CC(C)c1ccc(Cn2cnc3sccc3c2=O)cc1. The van der Waals surface area contributed by atoms with Gasteiger partial charge in [-0.05, 0) is 28.5 Å². The maximum atomic E-state index is 12.3. The number of aromatic nitrogens is 2. The molecule has 0 fully saturated rings. The average molecular weight is 284 g/mol. The summed E-state index contributed by atoms with van der Waals surface area (Å²) in [5.41, 5.74) is 2.46. The van der Waals surface area contributed by atoms with Gasteiger partial charge in [0.25, 0.3) is 5.56 Å². The van der Waals surface area contributed by atoms with E-state index < -0.39 is 0 Å². The summed E-state index contributed by atoms with van der Waals surface area (Å²) in [7, 11) is 0. The van der Waals surface area contributed by atoms with Crippen LogP contribution in [0.2, 0.25) is 0 Å². The molecule has 0 radical (unpaired) electrons. The van der Waals surface area contributed by atoms with Crippen LogP contribution in [0.5, 0.6) is 0 Å². The second-order valence-corrected chi connectivity index (χ2v) is 6.11. The molecular formula is C16H16N2OS. The highest BCUT2D eigenvalue weighted by molar-refractivity contribution is 7.16. The Labute approximate surface area is 121 Å². The summed E-state index contributed by atoms with van der Waals surface area (Å²) in [4.78, 5) is 17.4. The van der Waals surface area contributed by atoms with E-state index in [2.05, 4.69) is 43.1 Å². The lowest BCUT2D eigenvalue weighted by molar-refractivity contribution is 0.748. The third-order valence-electron chi connectivity index (χ3n) is 3.45. The molecule has 0 unspecified atom stereocenters. The predicted octanol–water partition coefficient (Wildman–Crippen LogP) is 3.63. The lowest BCUT2D eigenvalue weighted by Gasteiger charge is -2.08. The standard InChI is InChI=1S/C16H16N2OS/c1-11(2)13-5-3-12(4-6-13)9-18-10-17-15-14(16(18)19)7-8-20-15/h3-8,10-11H,9H2,1-2H3. The van der Waals surface area contributed by atoms with Crippen molar-refractivity contribution in [3.8, 4) is 0 Å². The zero-order chi connectivity index (χ0) is 14.1. The van der Waals surface area contributed by atoms with Gasteiger partial charge < -0.3 is 0 Å². The minimum absolute atomic E-state index is 0.0317. The smallest absolute Gasteiger partial charge is 0.262 e. The Morgan fingerprint density at radius 3 is 2.65 bits per heavy atom. The van der Waals surface area contributed by atoms with Gasteiger partial charge in [-0.3, -0.25) is 9.36 Å². The summed E-state index contributed by atoms with van der Waals surface area (Å²) < 4.78 is 1.67. The highest BCUT2D eigenvalue weighted by Crippen LogP contribution is 2.16. The maximum Gasteiger partial charge on any atom is 0.262 e. The van der Waals surface area contributed by atoms with Gasteiger partial charge in [-0.15, -0.1) is 11.3 Å². The lowest BCUT2D eigenvalue weighted by Crippen LogP contribution is -2.20. The molecule has 20 heavy (non-hydrogen) atoms. The quantitative estimate of drug-likeness (QED) is 0.736. The van der Waals surface area contributed by atoms with Gasteiger partial charge in [-0.2, -0.15) is 0 Å². The van der Waals surface area contributed by atoms with Crippen molar-refractivity contribution in [3.63, 3.8) is 0 Å². The van der Waals surface area contributed by atoms with Crippen LogP contribution < -0.4 is 5.56 Å². The monoisotopic (exact) mass is 284 g/mol. The first-order chi connectivity index (χ1) is 9.65. The van der Waals surface area contributed by atoms with Crippen molar-refractivity contribution in [1.82, 2.24) is 9.55 Å². The number of hydrogen-bond acceptors (Lipinski definition) is 3. The third-order valence-corrected chi connectivity index (χ3v) is 4.27. The summed E-state index contributed by atoms with van der Waals surface area (Å²) in [6.45, 7) is 4.91. The van der Waals surface area contributed by atoms with Crippen LogP contribution in [0, 0.1) is 0 Å². The highest BCUT2D eigenvalue weighted by Gasteiger charge is 2.06. The van der Waals surface area contributed by atoms with E-state index in [-0.39, 0.29) is 5.56 Å². The maximum absolute atomic E-state index is 12.3. The average Bonchev–Trinajstić information content (AvgIpc) is 2.92. The van der Waals surface area contributed by atoms with Gasteiger partial charge in [0.1, 0.15) is 4.83 Å². The first-order valence-electron chi connectivity index (χ1n) is 6.66. The summed E-state index contributed by atoms with van der Waals surface area (Å²) in [6.07, 6.45) is 1.64. The first-order valence-corrected chi connectivity index (χ1v) is 7.54. The van der Waals surface area contributed by atoms with Gasteiger partial charge in [0.2, 0.25) is 0 Å². The molecule has 2 heterocycles. The van der Waals surface area contributed by atoms with E-state index in [9.17, 15) is 4.79 Å². The molecule has 102 valence electrons. The minimum atomic E-state index is 0.0317. The van der Waals surface area contributed by atoms with E-state index in [4.69, 9.17) is 0 Å². The number of fused-ring (bicyclic) bond motifs is 1. The van der Waals surface area contributed by atoms with Gasteiger partial charge in [0.05, 0.1) is 18.3 Å². The van der Waals surface area contributed by atoms with E-state index in [0.29, 0.717) is 17.8 Å². The van der Waals surface area contributed by atoms with Gasteiger partial charge in [0.15, 0.2) is 0 Å². The second-order valence-electron chi connectivity index (χ2n) is 5.21. The van der Waals surface area contributed by atoms with E-state index in [1.54, 1.807) is 10.9 Å². The van der Waals surface area contributed by atoms with Crippen molar-refractivity contribution in [2.45, 2.75) is 26.3 Å². The number of rotatable bonds is 3. The number of hydrogen-bond donors (Lipinski definition) is 0. The van der Waals surface area contributed by atoms with Crippen LogP contribution >= 0.6 is 11.3 Å². The predicted molar refractivity (Wildman–Crippen MR) is 83.5 cm³/mol. The molecule has 1 aromatic carbocycles. The Kier molecular flexibility index (Phi) is 3.40. The molecular weight excluding hydrogens is 268 g/mol. The zero-order valence-corrected chi connectivity index (χ0v) is 12.4. The van der Waals surface area contributed by atoms with Crippen molar-refractivity contribution in [3.05, 3.63) is 63.5 Å². The van der Waals surface area contributed by atoms with Crippen LogP contribution in [0.4, 0.5) is 0 Å². The van der Waals surface area contributed by atoms with Crippen LogP contribution in [0.25, 0.3) is 10.2 Å². The molecule has 3 nitrogen and oxygen atoms in total. The van der Waals surface area contributed by atoms with Crippen LogP contribution in [-0.2, 0) is 6.54 Å². The van der Waals surface area contributed by atoms with E-state index in [1.165, 1.54) is 16.9 Å². The molecule has 0 atom stereocenters. The van der Waals surface area contributed by atoms with E-state index in [1.807, 2.05) is 11.4 Å². The molecule has 3 rings (SSSR count). The largest absolute Gasteiger partial charge is 0.294 e. The molecule has 0 aliphatic rings. The Bertz CT molecular complexity index is 784. The van der Waals surface area contributed by atoms with Crippen molar-refractivity contribution in [2.75, 3.05) is 0 Å². The molecule has 4 heteroatoms. The number of thiophene rings is 1. The first kappa shape index (κ1) is 13.1. The molecule has 0 amide bonds. The summed E-state index contributed by atoms with van der Waals surface area (Å²) in [6, 6.07) is 10.3. The molecule has 0 saturated carbocycles. The normalized spacial score (nSPS) is 11.3. The Balaban J connectivity index is 1.92. The van der Waals surface area contributed by atoms with Crippen LogP contribution in [0.15, 0.2) is 46.8 Å². The summed E-state index contributed by atoms with van der Waals surface area (Å²) >= 11 is 1.50. The summed E-state index contributed by atoms with van der Waals surface area (Å²) in [5.74, 6) is 0.524. The molecule has 0 bridgehead atoms. The minimum Gasteiger partial charge on any atom is -0.294 e. The zero-order valence-electron chi connectivity index (χ0n) is 11.5. The highest BCUT2D eigenvalue weighted by atomic mass is 32.1. The second kappa shape index (κ2) is 5.21. The van der Waals surface area contributed by atoms with Crippen molar-refractivity contribution in [2.24, 2.45) is 0 Å². The number of benzene rings is 1. The molecule has 0 aliphatic carbocycles. The molecule has 0 spiro atoms. The van der Waals surface area contributed by atoms with E-state index in [0.717, 1.165) is 10.4 Å². The van der Waals surface area contributed by atoms with Crippen LogP contribution in [0.3, 0.4) is 0 Å². The Morgan fingerprint density at radius 1 is 1.20 bits per heavy atom. The molecule has 0 N–H and O–H groups in total. The molecule has 3 aromatic rings. The van der Waals surface area contributed by atoms with Gasteiger partial charge in [0, 0.05) is 0 Å². The van der Waals surface area contributed by atoms with Crippen LogP contribution in [-0.4, -0.2) is 9.55 Å². The van der Waals surface area contributed by atoms with Gasteiger partial charge in [-0.25, -0.2) is 4.98 Å². The fraction of sp³-hybridized carbons (Fsp3) is 0.250.